The van der Waals surface area contributed by atoms with Gasteiger partial charge in [-0.25, -0.2) is 0 Å². The van der Waals surface area contributed by atoms with Gasteiger partial charge in [-0.3, -0.25) is 4.79 Å². The Hall–Kier alpha value is -0.570. The first-order valence-electron chi connectivity index (χ1n) is 6.26. The number of nitrogens with one attached hydrogen (secondary N) is 1. The van der Waals surface area contributed by atoms with Crippen LogP contribution in [0.25, 0.3) is 0 Å². The topological polar surface area (TPSA) is 32.3 Å². The van der Waals surface area contributed by atoms with Gasteiger partial charge >= 0.3 is 0 Å². The molecule has 1 rings (SSSR count). The summed E-state index contributed by atoms with van der Waals surface area (Å²) in [6.45, 7) is 7.09. The van der Waals surface area contributed by atoms with Crippen LogP contribution >= 0.6 is 0 Å². The number of piperazine rings is 1. The van der Waals surface area contributed by atoms with Crippen LogP contribution < -0.4 is 5.32 Å². The fourth-order valence-electron chi connectivity index (χ4n) is 2.06. The maximum Gasteiger partial charge on any atom is 0.222 e. The fraction of sp³-hybridized carbons (Fsp3) is 0.917. The molecule has 0 aromatic carbocycles. The van der Waals surface area contributed by atoms with Gasteiger partial charge in [0.1, 0.15) is 0 Å². The molecule has 0 aliphatic carbocycles. The van der Waals surface area contributed by atoms with Gasteiger partial charge in [0, 0.05) is 32.1 Å². The molecule has 0 spiro atoms. The number of nitrogens with zero attached hydrogens (tertiary/aromatic N) is 1. The van der Waals surface area contributed by atoms with Crippen LogP contribution in [0, 0.1) is 0 Å². The minimum atomic E-state index is 0.347. The molecule has 1 saturated heterocycles. The van der Waals surface area contributed by atoms with E-state index in [0.717, 1.165) is 32.5 Å². The summed E-state index contributed by atoms with van der Waals surface area (Å²) in [6, 6.07) is 0.373. The quantitative estimate of drug-likeness (QED) is 0.705. The predicted octanol–water partition coefficient (Wildman–Crippen LogP) is 1.78. The Bertz CT molecular complexity index is 194. The highest BCUT2D eigenvalue weighted by atomic mass is 16.2. The van der Waals surface area contributed by atoms with Crippen LogP contribution in [0.5, 0.6) is 0 Å². The lowest BCUT2D eigenvalue weighted by atomic mass is 10.1. The van der Waals surface area contributed by atoms with Gasteiger partial charge in [0.2, 0.25) is 5.91 Å². The Morgan fingerprint density at radius 1 is 1.40 bits per heavy atom. The molecule has 1 N–H and O–H groups in total. The van der Waals surface area contributed by atoms with E-state index in [1.807, 2.05) is 4.90 Å². The molecule has 1 atom stereocenters. The number of rotatable bonds is 5. The molecule has 0 unspecified atom stereocenters. The number of unbranched alkanes of at least 4 members (excludes halogenated alkanes) is 3. The van der Waals surface area contributed by atoms with E-state index in [-0.39, 0.29) is 0 Å². The molecular formula is C12H24N2O. The second-order valence-corrected chi connectivity index (χ2v) is 4.45. The number of hydrogen-bond donors (Lipinski definition) is 1. The molecule has 1 amide bonds. The van der Waals surface area contributed by atoms with E-state index in [1.165, 1.54) is 19.3 Å². The van der Waals surface area contributed by atoms with Gasteiger partial charge in [0.25, 0.3) is 0 Å². The molecule has 88 valence electrons. The molecule has 0 bridgehead atoms. The minimum absolute atomic E-state index is 0.347. The SMILES string of the molecule is CCCCCCC(=O)N1CCNC[C@H]1C. The van der Waals surface area contributed by atoms with Gasteiger partial charge < -0.3 is 10.2 Å². The Balaban J connectivity index is 2.20. The highest BCUT2D eigenvalue weighted by Gasteiger charge is 2.21. The summed E-state index contributed by atoms with van der Waals surface area (Å²) >= 11 is 0. The van der Waals surface area contributed by atoms with Crippen molar-refractivity contribution >= 4 is 5.91 Å². The Kier molecular flexibility index (Phi) is 5.69. The Morgan fingerprint density at radius 3 is 2.87 bits per heavy atom. The smallest absolute Gasteiger partial charge is 0.222 e. The average molecular weight is 212 g/mol. The van der Waals surface area contributed by atoms with Crippen LogP contribution in [0.3, 0.4) is 0 Å². The summed E-state index contributed by atoms with van der Waals surface area (Å²) in [5.41, 5.74) is 0. The van der Waals surface area contributed by atoms with E-state index in [1.54, 1.807) is 0 Å². The van der Waals surface area contributed by atoms with Crippen molar-refractivity contribution in [2.45, 2.75) is 52.0 Å². The second kappa shape index (κ2) is 6.83. The van der Waals surface area contributed by atoms with Crippen molar-refractivity contribution in [2.75, 3.05) is 19.6 Å². The highest BCUT2D eigenvalue weighted by molar-refractivity contribution is 5.76. The maximum atomic E-state index is 11.9. The Labute approximate surface area is 93.2 Å². The van der Waals surface area contributed by atoms with Crippen molar-refractivity contribution in [2.24, 2.45) is 0 Å². The molecule has 0 saturated carbocycles. The van der Waals surface area contributed by atoms with Crippen LogP contribution in [0.2, 0.25) is 0 Å². The molecule has 1 fully saturated rings. The van der Waals surface area contributed by atoms with E-state index in [2.05, 4.69) is 19.2 Å². The van der Waals surface area contributed by atoms with E-state index in [4.69, 9.17) is 0 Å². The maximum absolute atomic E-state index is 11.9. The molecule has 1 aliphatic heterocycles. The van der Waals surface area contributed by atoms with Crippen molar-refractivity contribution < 1.29 is 4.79 Å². The second-order valence-electron chi connectivity index (χ2n) is 4.45. The first-order chi connectivity index (χ1) is 7.25. The first kappa shape index (κ1) is 12.5. The molecule has 1 aliphatic rings. The molecular weight excluding hydrogens is 188 g/mol. The molecule has 15 heavy (non-hydrogen) atoms. The molecule has 0 aromatic rings. The Morgan fingerprint density at radius 2 is 2.20 bits per heavy atom. The van der Waals surface area contributed by atoms with Crippen LogP contribution in [-0.4, -0.2) is 36.5 Å². The van der Waals surface area contributed by atoms with E-state index >= 15 is 0 Å². The van der Waals surface area contributed by atoms with E-state index in [9.17, 15) is 4.79 Å². The van der Waals surface area contributed by atoms with Crippen molar-refractivity contribution in [1.82, 2.24) is 10.2 Å². The fourth-order valence-corrected chi connectivity index (χ4v) is 2.06. The van der Waals surface area contributed by atoms with Crippen LogP contribution in [0.4, 0.5) is 0 Å². The van der Waals surface area contributed by atoms with Crippen molar-refractivity contribution in [3.05, 3.63) is 0 Å². The molecule has 1 heterocycles. The van der Waals surface area contributed by atoms with Crippen molar-refractivity contribution in [3.8, 4) is 0 Å². The highest BCUT2D eigenvalue weighted by Crippen LogP contribution is 2.09. The monoisotopic (exact) mass is 212 g/mol. The zero-order valence-electron chi connectivity index (χ0n) is 10.1. The van der Waals surface area contributed by atoms with Gasteiger partial charge in [-0.1, -0.05) is 26.2 Å². The minimum Gasteiger partial charge on any atom is -0.337 e. The van der Waals surface area contributed by atoms with Gasteiger partial charge in [0.15, 0.2) is 0 Å². The third-order valence-corrected chi connectivity index (χ3v) is 3.07. The van der Waals surface area contributed by atoms with Gasteiger partial charge in [0.05, 0.1) is 0 Å². The summed E-state index contributed by atoms with van der Waals surface area (Å²) in [5, 5.41) is 3.30. The third-order valence-electron chi connectivity index (χ3n) is 3.07. The van der Waals surface area contributed by atoms with E-state index < -0.39 is 0 Å². The van der Waals surface area contributed by atoms with Crippen molar-refractivity contribution in [3.63, 3.8) is 0 Å². The largest absolute Gasteiger partial charge is 0.337 e. The number of carbonyl (C=O) groups is 1. The molecule has 0 radical (unpaired) electrons. The first-order valence-corrected chi connectivity index (χ1v) is 6.26. The predicted molar refractivity (Wildman–Crippen MR) is 62.8 cm³/mol. The zero-order valence-corrected chi connectivity index (χ0v) is 10.1. The standard InChI is InChI=1S/C12H24N2O/c1-3-4-5-6-7-12(15)14-9-8-13-10-11(14)2/h11,13H,3-10H2,1-2H3/t11-/m1/s1. The normalized spacial score (nSPS) is 21.7. The lowest BCUT2D eigenvalue weighted by Gasteiger charge is -2.34. The number of hydrogen-bond acceptors (Lipinski definition) is 2. The van der Waals surface area contributed by atoms with Crippen molar-refractivity contribution in [1.29, 1.82) is 0 Å². The third kappa shape index (κ3) is 4.20. The van der Waals surface area contributed by atoms with Crippen LogP contribution in [-0.2, 0) is 4.79 Å². The van der Waals surface area contributed by atoms with Gasteiger partial charge in [-0.05, 0) is 13.3 Å². The summed E-state index contributed by atoms with van der Waals surface area (Å²) in [6.07, 6.45) is 5.49. The lowest BCUT2D eigenvalue weighted by molar-refractivity contribution is -0.134. The van der Waals surface area contributed by atoms with Crippen LogP contribution in [0.15, 0.2) is 0 Å². The zero-order chi connectivity index (χ0) is 11.1. The summed E-state index contributed by atoms with van der Waals surface area (Å²) in [4.78, 5) is 13.9. The van der Waals surface area contributed by atoms with Gasteiger partial charge in [-0.15, -0.1) is 0 Å². The molecule has 0 aromatic heterocycles. The number of amides is 1. The number of carbonyl (C=O) groups excluding carboxylic acids is 1. The lowest BCUT2D eigenvalue weighted by Crippen LogP contribution is -2.52. The summed E-state index contributed by atoms with van der Waals surface area (Å²) < 4.78 is 0. The summed E-state index contributed by atoms with van der Waals surface area (Å²) in [5.74, 6) is 0.347. The summed E-state index contributed by atoms with van der Waals surface area (Å²) in [7, 11) is 0. The average Bonchev–Trinajstić information content (AvgIpc) is 2.25. The van der Waals surface area contributed by atoms with E-state index in [0.29, 0.717) is 11.9 Å². The van der Waals surface area contributed by atoms with Crippen LogP contribution in [0.1, 0.15) is 46.0 Å². The van der Waals surface area contributed by atoms with Gasteiger partial charge in [-0.2, -0.15) is 0 Å². The molecule has 3 nitrogen and oxygen atoms in total. The molecule has 3 heteroatoms.